The largest absolute Gasteiger partial charge is 0.872 e. The molecule has 0 heterocycles. The van der Waals surface area contributed by atoms with E-state index >= 15 is 0 Å². The van der Waals surface area contributed by atoms with Gasteiger partial charge < -0.3 is 5.11 Å². The Kier molecular flexibility index (Phi) is 11.6. The highest BCUT2D eigenvalue weighted by Crippen LogP contribution is 2.53. The third-order valence-corrected chi connectivity index (χ3v) is 11.6. The Morgan fingerprint density at radius 3 is 1.15 bits per heavy atom. The highest BCUT2D eigenvalue weighted by Gasteiger charge is 2.47. The lowest BCUT2D eigenvalue weighted by atomic mass is 10.1. The molecule has 5 rings (SSSR count). The number of rotatable bonds is 11. The van der Waals surface area contributed by atoms with E-state index in [0.29, 0.717) is 0 Å². The van der Waals surface area contributed by atoms with Gasteiger partial charge in [-0.15, -0.1) is 5.75 Å². The number of unbranched alkanes of at least 4 members (excludes halogenated alkanes) is 5. The van der Waals surface area contributed by atoms with Crippen molar-refractivity contribution in [2.75, 3.05) is 0 Å². The SMILES string of the molecule is CCCCCCCCc1ccc([O-])cc1.c1ccc([P+](c2ccccc2)(c2ccccc2)c2ccccc2)cc1. The van der Waals surface area contributed by atoms with E-state index in [9.17, 15) is 5.11 Å². The van der Waals surface area contributed by atoms with Crippen LogP contribution in [0.4, 0.5) is 0 Å². The fourth-order valence-corrected chi connectivity index (χ4v) is 9.53. The first-order valence-corrected chi connectivity index (χ1v) is 16.4. The molecule has 2 heteroatoms. The van der Waals surface area contributed by atoms with E-state index in [2.05, 4.69) is 128 Å². The van der Waals surface area contributed by atoms with Gasteiger partial charge in [-0.25, -0.2) is 0 Å². The predicted molar refractivity (Wildman–Crippen MR) is 174 cm³/mol. The van der Waals surface area contributed by atoms with Gasteiger partial charge in [0.05, 0.1) is 0 Å². The normalized spacial score (nSPS) is 10.9. The zero-order valence-electron chi connectivity index (χ0n) is 23.7. The zero-order valence-corrected chi connectivity index (χ0v) is 24.6. The third-order valence-electron chi connectivity index (χ3n) is 7.32. The molecule has 40 heavy (non-hydrogen) atoms. The van der Waals surface area contributed by atoms with E-state index in [0.717, 1.165) is 6.42 Å². The second-order valence-electron chi connectivity index (χ2n) is 10.2. The van der Waals surface area contributed by atoms with Gasteiger partial charge in [0.2, 0.25) is 0 Å². The van der Waals surface area contributed by atoms with Crippen LogP contribution < -0.4 is 26.3 Å². The molecule has 204 valence electrons. The van der Waals surface area contributed by atoms with Crippen LogP contribution in [0.2, 0.25) is 0 Å². The van der Waals surface area contributed by atoms with Crippen molar-refractivity contribution < 1.29 is 5.11 Å². The summed E-state index contributed by atoms with van der Waals surface area (Å²) in [5.41, 5.74) is 1.30. The highest BCUT2D eigenvalue weighted by atomic mass is 31.2. The van der Waals surface area contributed by atoms with Crippen molar-refractivity contribution in [2.24, 2.45) is 0 Å². The Labute approximate surface area is 241 Å². The first-order chi connectivity index (χ1) is 19.7. The van der Waals surface area contributed by atoms with Crippen molar-refractivity contribution in [3.05, 3.63) is 151 Å². The van der Waals surface area contributed by atoms with Crippen molar-refractivity contribution in [3.63, 3.8) is 0 Å². The van der Waals surface area contributed by atoms with E-state index in [-0.39, 0.29) is 5.75 Å². The van der Waals surface area contributed by atoms with Crippen LogP contribution in [0.1, 0.15) is 51.0 Å². The fourth-order valence-electron chi connectivity index (χ4n) is 5.27. The average molecular weight is 545 g/mol. The van der Waals surface area contributed by atoms with Crippen LogP contribution in [0, 0.1) is 0 Å². The minimum atomic E-state index is -1.91. The van der Waals surface area contributed by atoms with E-state index < -0.39 is 7.26 Å². The van der Waals surface area contributed by atoms with Crippen molar-refractivity contribution >= 4 is 28.5 Å². The van der Waals surface area contributed by atoms with E-state index in [1.165, 1.54) is 65.3 Å². The molecular weight excluding hydrogens is 503 g/mol. The molecule has 0 spiro atoms. The van der Waals surface area contributed by atoms with Crippen LogP contribution in [-0.4, -0.2) is 0 Å². The van der Waals surface area contributed by atoms with Gasteiger partial charge in [-0.3, -0.25) is 0 Å². The maximum Gasteiger partial charge on any atom is 0.144 e. The molecule has 0 saturated heterocycles. The van der Waals surface area contributed by atoms with E-state index in [4.69, 9.17) is 0 Å². The summed E-state index contributed by atoms with van der Waals surface area (Å²) >= 11 is 0. The summed E-state index contributed by atoms with van der Waals surface area (Å²) in [7, 11) is -1.91. The molecule has 0 aliphatic carbocycles. The monoisotopic (exact) mass is 544 g/mol. The molecule has 0 saturated carbocycles. The molecule has 1 nitrogen and oxygen atoms in total. The summed E-state index contributed by atoms with van der Waals surface area (Å²) in [6.07, 6.45) is 9.09. The minimum absolute atomic E-state index is 0.113. The topological polar surface area (TPSA) is 23.1 Å². The molecule has 5 aromatic rings. The van der Waals surface area contributed by atoms with E-state index in [1.807, 2.05) is 12.1 Å². The van der Waals surface area contributed by atoms with E-state index in [1.54, 1.807) is 12.1 Å². The van der Waals surface area contributed by atoms with Gasteiger partial charge in [0, 0.05) is 0 Å². The van der Waals surface area contributed by atoms with Crippen LogP contribution >= 0.6 is 7.26 Å². The molecule has 0 aliphatic rings. The Balaban J connectivity index is 0.000000212. The van der Waals surface area contributed by atoms with Gasteiger partial charge in [0.25, 0.3) is 0 Å². The minimum Gasteiger partial charge on any atom is -0.872 e. The quantitative estimate of drug-likeness (QED) is 0.122. The lowest BCUT2D eigenvalue weighted by Crippen LogP contribution is -2.38. The molecular formula is C38H41OP. The Morgan fingerprint density at radius 1 is 0.425 bits per heavy atom. The van der Waals surface area contributed by atoms with Gasteiger partial charge in [0.1, 0.15) is 28.5 Å². The molecule has 0 aromatic heterocycles. The summed E-state index contributed by atoms with van der Waals surface area (Å²) in [4.78, 5) is 0. The van der Waals surface area contributed by atoms with Gasteiger partial charge >= 0.3 is 0 Å². The first kappa shape index (κ1) is 29.3. The molecule has 0 atom stereocenters. The summed E-state index contributed by atoms with van der Waals surface area (Å²) in [5, 5.41) is 16.4. The summed E-state index contributed by atoms with van der Waals surface area (Å²) in [5.74, 6) is 0.113. The van der Waals surface area contributed by atoms with Gasteiger partial charge in [0.15, 0.2) is 0 Å². The summed E-state index contributed by atoms with van der Waals surface area (Å²) in [6.45, 7) is 2.24. The number of hydrogen-bond acceptors (Lipinski definition) is 1. The summed E-state index contributed by atoms with van der Waals surface area (Å²) in [6, 6.07) is 51.1. The summed E-state index contributed by atoms with van der Waals surface area (Å²) < 4.78 is 0. The maximum atomic E-state index is 10.9. The van der Waals surface area contributed by atoms with Crippen LogP contribution in [-0.2, 0) is 6.42 Å². The standard InChI is InChI=1S/C24H20P.C14H22O/c1-5-13-21(14-6-1)25(22-15-7-2-8-16-22,23-17-9-3-10-18-23)24-19-11-4-12-20-24;1-2-3-4-5-6-7-8-13-9-11-14(15)12-10-13/h1-20H;9-12,15H,2-8H2,1H3/q+1;/p-1. The molecule has 0 N–H and O–H groups in total. The molecule has 0 fully saturated rings. The second-order valence-corrected chi connectivity index (χ2v) is 13.6. The maximum absolute atomic E-state index is 10.9. The highest BCUT2D eigenvalue weighted by molar-refractivity contribution is 8.01. The molecule has 0 amide bonds. The van der Waals surface area contributed by atoms with Gasteiger partial charge in [-0.2, -0.15) is 0 Å². The van der Waals surface area contributed by atoms with Crippen LogP contribution in [0.15, 0.2) is 146 Å². The lowest BCUT2D eigenvalue weighted by molar-refractivity contribution is -0.268. The number of benzene rings is 5. The van der Waals surface area contributed by atoms with Crippen LogP contribution in [0.3, 0.4) is 0 Å². The third kappa shape index (κ3) is 7.71. The number of hydrogen-bond donors (Lipinski definition) is 0. The van der Waals surface area contributed by atoms with Crippen LogP contribution in [0.25, 0.3) is 0 Å². The first-order valence-electron chi connectivity index (χ1n) is 14.6. The molecule has 0 aliphatic heterocycles. The number of aryl methyl sites for hydroxylation is 1. The molecule has 0 unspecified atom stereocenters. The zero-order chi connectivity index (χ0) is 27.9. The molecule has 0 radical (unpaired) electrons. The van der Waals surface area contributed by atoms with Gasteiger partial charge in [-0.05, 0) is 66.9 Å². The smallest absolute Gasteiger partial charge is 0.144 e. The average Bonchev–Trinajstić information content (AvgIpc) is 3.03. The Morgan fingerprint density at radius 2 is 0.775 bits per heavy atom. The predicted octanol–water partition coefficient (Wildman–Crippen LogP) is 7.97. The lowest BCUT2D eigenvalue weighted by Gasteiger charge is -2.27. The Hall–Kier alpha value is -3.67. The van der Waals surface area contributed by atoms with Gasteiger partial charge in [-0.1, -0.05) is 136 Å². The van der Waals surface area contributed by atoms with Crippen LogP contribution in [0.5, 0.6) is 5.75 Å². The van der Waals surface area contributed by atoms with Crippen molar-refractivity contribution in [1.29, 1.82) is 0 Å². The fraction of sp³-hybridized carbons (Fsp3) is 0.211. The molecule has 5 aromatic carbocycles. The Bertz CT molecular complexity index is 1190. The molecule has 0 bridgehead atoms. The van der Waals surface area contributed by atoms with Crippen molar-refractivity contribution in [1.82, 2.24) is 0 Å². The van der Waals surface area contributed by atoms with Crippen molar-refractivity contribution in [2.45, 2.75) is 51.9 Å². The van der Waals surface area contributed by atoms with Crippen molar-refractivity contribution in [3.8, 4) is 5.75 Å². The second kappa shape index (κ2) is 15.8.